The van der Waals surface area contributed by atoms with Gasteiger partial charge >= 0.3 is 0 Å². The van der Waals surface area contributed by atoms with E-state index in [1.165, 1.54) is 22.3 Å². The molecule has 3 aromatic rings. The molecule has 170 valence electrons. The van der Waals surface area contributed by atoms with E-state index < -0.39 is 0 Å². The zero-order chi connectivity index (χ0) is 23.5. The number of guanidine groups is 1. The van der Waals surface area contributed by atoms with Gasteiger partial charge in [0.15, 0.2) is 0 Å². The van der Waals surface area contributed by atoms with E-state index in [1.54, 1.807) is 12.5 Å². The fourth-order valence-corrected chi connectivity index (χ4v) is 4.66. The van der Waals surface area contributed by atoms with Gasteiger partial charge in [0.1, 0.15) is 6.33 Å². The van der Waals surface area contributed by atoms with Gasteiger partial charge in [0.25, 0.3) is 0 Å². The van der Waals surface area contributed by atoms with E-state index in [9.17, 15) is 0 Å². The van der Waals surface area contributed by atoms with Crippen LogP contribution in [0, 0.1) is 5.92 Å². The molecule has 0 saturated carbocycles. The number of hydrogen-bond acceptors (Lipinski definition) is 5. The summed E-state index contributed by atoms with van der Waals surface area (Å²) in [5.74, 6) is 1.27. The van der Waals surface area contributed by atoms with E-state index in [0.29, 0.717) is 5.92 Å². The summed E-state index contributed by atoms with van der Waals surface area (Å²) in [5.41, 5.74) is 7.36. The highest BCUT2D eigenvalue weighted by Crippen LogP contribution is 2.33. The summed E-state index contributed by atoms with van der Waals surface area (Å²) in [5, 5.41) is 0. The van der Waals surface area contributed by atoms with E-state index in [1.807, 2.05) is 25.3 Å². The first-order valence-corrected chi connectivity index (χ1v) is 11.7. The Balaban J connectivity index is 1.38. The number of aliphatic imine (C=N–C) groups is 1. The lowest BCUT2D eigenvalue weighted by Crippen LogP contribution is -2.47. The number of likely N-dealkylation sites (tertiary alicyclic amines) is 1. The molecule has 2 aliphatic rings. The van der Waals surface area contributed by atoms with Crippen molar-refractivity contribution >= 4 is 17.2 Å². The van der Waals surface area contributed by atoms with Crippen molar-refractivity contribution in [3.8, 4) is 11.1 Å². The van der Waals surface area contributed by atoms with E-state index in [0.717, 1.165) is 49.0 Å². The molecule has 1 fully saturated rings. The Morgan fingerprint density at radius 2 is 1.85 bits per heavy atom. The van der Waals surface area contributed by atoms with Crippen LogP contribution in [0.25, 0.3) is 22.4 Å². The SMILES string of the molecule is C=C(c1cccc(-c2ccccc2)c1)C1CCCN(C2=NC(c3ccncn3)=CC(=C)N2C)C1. The average Bonchev–Trinajstić information content (AvgIpc) is 2.91. The third-order valence-electron chi connectivity index (χ3n) is 6.64. The number of rotatable bonds is 4. The summed E-state index contributed by atoms with van der Waals surface area (Å²) in [7, 11) is 2.02. The molecule has 5 nitrogen and oxygen atoms in total. The maximum Gasteiger partial charge on any atom is 0.206 e. The lowest BCUT2D eigenvalue weighted by Gasteiger charge is -2.40. The Labute approximate surface area is 201 Å². The Kier molecular flexibility index (Phi) is 6.09. The number of hydrogen-bond donors (Lipinski definition) is 0. The van der Waals surface area contributed by atoms with Crippen molar-refractivity contribution in [1.82, 2.24) is 19.8 Å². The minimum atomic E-state index is 0.359. The van der Waals surface area contributed by atoms with Crippen molar-refractivity contribution in [3.63, 3.8) is 0 Å². The molecule has 0 N–H and O–H groups in total. The van der Waals surface area contributed by atoms with Crippen molar-refractivity contribution in [2.75, 3.05) is 20.1 Å². The van der Waals surface area contributed by atoms with Crippen LogP contribution >= 0.6 is 0 Å². The van der Waals surface area contributed by atoms with Gasteiger partial charge in [0, 0.05) is 37.9 Å². The van der Waals surface area contributed by atoms with Crippen LogP contribution in [-0.4, -0.2) is 45.9 Å². The van der Waals surface area contributed by atoms with Crippen molar-refractivity contribution in [1.29, 1.82) is 0 Å². The average molecular weight is 448 g/mol. The predicted molar refractivity (Wildman–Crippen MR) is 140 cm³/mol. The Morgan fingerprint density at radius 3 is 2.65 bits per heavy atom. The number of aromatic nitrogens is 2. The van der Waals surface area contributed by atoms with Crippen LogP contribution in [0.5, 0.6) is 0 Å². The number of likely N-dealkylation sites (N-methyl/N-ethyl adjacent to an activating group) is 1. The van der Waals surface area contributed by atoms with Gasteiger partial charge in [-0.2, -0.15) is 0 Å². The minimum absolute atomic E-state index is 0.359. The smallest absolute Gasteiger partial charge is 0.206 e. The largest absolute Gasteiger partial charge is 0.342 e. The van der Waals surface area contributed by atoms with Gasteiger partial charge in [0.05, 0.1) is 11.4 Å². The van der Waals surface area contributed by atoms with E-state index in [2.05, 4.69) is 81.5 Å². The standard InChI is InChI=1S/C29H29N5/c1-21-17-28(27-14-15-30-20-31-27)32-29(33(21)3)34-16-8-13-26(19-34)22(2)24-11-7-12-25(18-24)23-9-5-4-6-10-23/h4-7,9-12,14-15,17-18,20,26H,1-2,8,13,16,19H2,3H3. The second-order valence-electron chi connectivity index (χ2n) is 8.84. The van der Waals surface area contributed by atoms with Gasteiger partial charge in [0.2, 0.25) is 5.96 Å². The first-order valence-electron chi connectivity index (χ1n) is 11.7. The van der Waals surface area contributed by atoms with Crippen molar-refractivity contribution in [3.05, 3.63) is 109 Å². The van der Waals surface area contributed by atoms with Crippen LogP contribution in [0.15, 0.2) is 103 Å². The molecule has 0 spiro atoms. The second kappa shape index (κ2) is 9.48. The van der Waals surface area contributed by atoms with Crippen LogP contribution in [0.3, 0.4) is 0 Å². The van der Waals surface area contributed by atoms with Crippen LogP contribution in [-0.2, 0) is 0 Å². The highest BCUT2D eigenvalue weighted by atomic mass is 15.4. The first-order chi connectivity index (χ1) is 16.6. The summed E-state index contributed by atoms with van der Waals surface area (Å²) in [4.78, 5) is 17.8. The van der Waals surface area contributed by atoms with E-state index in [4.69, 9.17) is 4.99 Å². The zero-order valence-corrected chi connectivity index (χ0v) is 19.6. The molecule has 1 saturated heterocycles. The molecule has 0 aliphatic carbocycles. The van der Waals surface area contributed by atoms with Crippen LogP contribution in [0.2, 0.25) is 0 Å². The Hall–Kier alpha value is -3.99. The molecule has 0 bridgehead atoms. The number of allylic oxidation sites excluding steroid dienone is 1. The Morgan fingerprint density at radius 1 is 1.03 bits per heavy atom. The molecule has 34 heavy (non-hydrogen) atoms. The predicted octanol–water partition coefficient (Wildman–Crippen LogP) is 5.73. The van der Waals surface area contributed by atoms with Crippen molar-refractivity contribution in [2.45, 2.75) is 12.8 Å². The summed E-state index contributed by atoms with van der Waals surface area (Å²) in [6, 6.07) is 21.1. The molecule has 3 heterocycles. The number of benzene rings is 2. The normalized spacial score (nSPS) is 18.4. The van der Waals surface area contributed by atoms with Crippen LogP contribution in [0.4, 0.5) is 0 Å². The fraction of sp³-hybridized carbons (Fsp3) is 0.207. The maximum atomic E-state index is 4.98. The minimum Gasteiger partial charge on any atom is -0.342 e. The molecule has 5 heteroatoms. The highest BCUT2D eigenvalue weighted by molar-refractivity contribution is 5.91. The van der Waals surface area contributed by atoms with Crippen molar-refractivity contribution < 1.29 is 0 Å². The summed E-state index contributed by atoms with van der Waals surface area (Å²) < 4.78 is 0. The van der Waals surface area contributed by atoms with Gasteiger partial charge in [-0.1, -0.05) is 61.7 Å². The molecule has 5 rings (SSSR count). The van der Waals surface area contributed by atoms with Gasteiger partial charge in [-0.3, -0.25) is 0 Å². The fourth-order valence-electron chi connectivity index (χ4n) is 4.66. The number of nitrogens with zero attached hydrogens (tertiary/aromatic N) is 5. The maximum absolute atomic E-state index is 4.98. The Bertz CT molecular complexity index is 1260. The molecule has 1 aromatic heterocycles. The van der Waals surface area contributed by atoms with E-state index >= 15 is 0 Å². The summed E-state index contributed by atoms with van der Waals surface area (Å²) in [6.45, 7) is 10.6. The topological polar surface area (TPSA) is 44.6 Å². The van der Waals surface area contributed by atoms with Gasteiger partial charge in [-0.15, -0.1) is 0 Å². The van der Waals surface area contributed by atoms with Crippen molar-refractivity contribution in [2.24, 2.45) is 10.9 Å². The molecule has 2 aromatic carbocycles. The molecular formula is C29H29N5. The lowest BCUT2D eigenvalue weighted by molar-refractivity contribution is 0.275. The van der Waals surface area contributed by atoms with Crippen LogP contribution < -0.4 is 0 Å². The second-order valence-corrected chi connectivity index (χ2v) is 8.84. The first kappa shape index (κ1) is 21.8. The molecule has 2 aliphatic heterocycles. The lowest BCUT2D eigenvalue weighted by atomic mass is 9.86. The third-order valence-corrected chi connectivity index (χ3v) is 6.64. The van der Waals surface area contributed by atoms with Gasteiger partial charge in [-0.05, 0) is 53.3 Å². The molecule has 0 radical (unpaired) electrons. The van der Waals surface area contributed by atoms with Crippen LogP contribution in [0.1, 0.15) is 24.1 Å². The molecule has 0 amide bonds. The third kappa shape index (κ3) is 4.42. The molecular weight excluding hydrogens is 418 g/mol. The molecule has 1 atom stereocenters. The van der Waals surface area contributed by atoms with E-state index in [-0.39, 0.29) is 0 Å². The molecule has 1 unspecified atom stereocenters. The van der Waals surface area contributed by atoms with Gasteiger partial charge < -0.3 is 9.80 Å². The number of piperidine rings is 1. The summed E-state index contributed by atoms with van der Waals surface area (Å²) in [6.07, 6.45) is 7.48. The highest BCUT2D eigenvalue weighted by Gasteiger charge is 2.29. The summed E-state index contributed by atoms with van der Waals surface area (Å²) >= 11 is 0. The quantitative estimate of drug-likeness (QED) is 0.513. The van der Waals surface area contributed by atoms with Gasteiger partial charge in [-0.25, -0.2) is 15.0 Å². The zero-order valence-electron chi connectivity index (χ0n) is 19.6. The monoisotopic (exact) mass is 447 g/mol.